The van der Waals surface area contributed by atoms with E-state index in [1.54, 1.807) is 19.1 Å². The third-order valence-electron chi connectivity index (χ3n) is 3.51. The zero-order valence-electron chi connectivity index (χ0n) is 12.7. The third-order valence-corrected chi connectivity index (χ3v) is 4.69. The Kier molecular flexibility index (Phi) is 3.80. The van der Waals surface area contributed by atoms with Crippen molar-refractivity contribution in [1.82, 2.24) is 10.1 Å². The molecule has 0 atom stereocenters. The monoisotopic (exact) mass is 336 g/mol. The number of fused-ring (bicyclic) bond motifs is 1. The molecule has 0 saturated heterocycles. The lowest BCUT2D eigenvalue weighted by Crippen LogP contribution is -2.27. The molecule has 1 N–H and O–H groups in total. The van der Waals surface area contributed by atoms with E-state index >= 15 is 0 Å². The molecule has 9 heteroatoms. The highest BCUT2D eigenvalue weighted by atomic mass is 32.2. The second kappa shape index (κ2) is 5.65. The number of amides is 1. The van der Waals surface area contributed by atoms with E-state index in [4.69, 9.17) is 4.52 Å². The van der Waals surface area contributed by atoms with Crippen molar-refractivity contribution in [3.63, 3.8) is 0 Å². The molecule has 23 heavy (non-hydrogen) atoms. The zero-order valence-corrected chi connectivity index (χ0v) is 13.6. The number of carbonyl (C=O) groups is 1. The molecule has 122 valence electrons. The number of benzene rings is 1. The predicted molar refractivity (Wildman–Crippen MR) is 83.7 cm³/mol. The highest BCUT2D eigenvalue weighted by Crippen LogP contribution is 2.32. The van der Waals surface area contributed by atoms with Crippen LogP contribution >= 0.6 is 0 Å². The molecule has 0 unspecified atom stereocenters. The van der Waals surface area contributed by atoms with Gasteiger partial charge in [0.2, 0.25) is 21.8 Å². The summed E-state index contributed by atoms with van der Waals surface area (Å²) in [5, 5.41) is 6.38. The van der Waals surface area contributed by atoms with Gasteiger partial charge in [0.15, 0.2) is 5.82 Å². The van der Waals surface area contributed by atoms with Crippen LogP contribution in [0.5, 0.6) is 0 Å². The molecule has 1 aliphatic rings. The molecule has 0 aliphatic carbocycles. The minimum atomic E-state index is -3.32. The lowest BCUT2D eigenvalue weighted by Gasteiger charge is -2.17. The van der Waals surface area contributed by atoms with Crippen molar-refractivity contribution in [2.45, 2.75) is 19.8 Å². The fraction of sp³-hybridized carbons (Fsp3) is 0.357. The van der Waals surface area contributed by atoms with E-state index in [0.717, 1.165) is 5.56 Å². The van der Waals surface area contributed by atoms with Crippen molar-refractivity contribution >= 4 is 27.3 Å². The SMILES string of the molecule is Cc1nc(CC(=O)Nc2ccc3c(c2)N(S(C)(=O)=O)CC3)no1. The van der Waals surface area contributed by atoms with Crippen LogP contribution in [0.2, 0.25) is 0 Å². The molecule has 1 aliphatic heterocycles. The maximum atomic E-state index is 12.0. The van der Waals surface area contributed by atoms with Crippen molar-refractivity contribution in [1.29, 1.82) is 0 Å². The minimum absolute atomic E-state index is 0.00971. The summed E-state index contributed by atoms with van der Waals surface area (Å²) in [5.74, 6) is 0.405. The maximum absolute atomic E-state index is 12.0. The normalized spacial score (nSPS) is 13.9. The minimum Gasteiger partial charge on any atom is -0.340 e. The average molecular weight is 336 g/mol. The Morgan fingerprint density at radius 2 is 2.22 bits per heavy atom. The van der Waals surface area contributed by atoms with E-state index < -0.39 is 10.0 Å². The van der Waals surface area contributed by atoms with Crippen LogP contribution in [0.1, 0.15) is 17.3 Å². The third kappa shape index (κ3) is 3.34. The smallest absolute Gasteiger partial charge is 0.232 e. The first-order valence-corrected chi connectivity index (χ1v) is 8.87. The predicted octanol–water partition coefficient (Wildman–Crippen LogP) is 0.881. The number of hydrogen-bond acceptors (Lipinski definition) is 6. The van der Waals surface area contributed by atoms with Crippen molar-refractivity contribution in [2.75, 3.05) is 22.4 Å². The summed E-state index contributed by atoms with van der Waals surface area (Å²) in [6, 6.07) is 5.25. The van der Waals surface area contributed by atoms with E-state index in [0.29, 0.717) is 36.1 Å². The van der Waals surface area contributed by atoms with Gasteiger partial charge in [-0.05, 0) is 24.1 Å². The lowest BCUT2D eigenvalue weighted by atomic mass is 10.1. The zero-order chi connectivity index (χ0) is 16.6. The summed E-state index contributed by atoms with van der Waals surface area (Å²) in [7, 11) is -3.32. The van der Waals surface area contributed by atoms with Crippen LogP contribution in [0.25, 0.3) is 0 Å². The van der Waals surface area contributed by atoms with Crippen LogP contribution < -0.4 is 9.62 Å². The first-order valence-electron chi connectivity index (χ1n) is 7.02. The molecule has 0 spiro atoms. The summed E-state index contributed by atoms with van der Waals surface area (Å²) >= 11 is 0. The van der Waals surface area contributed by atoms with Crippen molar-refractivity contribution in [3.8, 4) is 0 Å². The maximum Gasteiger partial charge on any atom is 0.232 e. The topological polar surface area (TPSA) is 105 Å². The summed E-state index contributed by atoms with van der Waals surface area (Å²) in [4.78, 5) is 16.0. The molecular formula is C14H16N4O4S. The van der Waals surface area contributed by atoms with Gasteiger partial charge in [0.1, 0.15) is 0 Å². The molecule has 0 bridgehead atoms. The first kappa shape index (κ1) is 15.5. The van der Waals surface area contributed by atoms with E-state index in [2.05, 4.69) is 15.5 Å². The van der Waals surface area contributed by atoms with Crippen LogP contribution in [0.15, 0.2) is 22.7 Å². The quantitative estimate of drug-likeness (QED) is 0.888. The Bertz CT molecular complexity index is 859. The average Bonchev–Trinajstić information content (AvgIpc) is 3.03. The summed E-state index contributed by atoms with van der Waals surface area (Å²) < 4.78 is 29.7. The first-order chi connectivity index (χ1) is 10.8. The second-order valence-electron chi connectivity index (χ2n) is 5.38. The van der Waals surface area contributed by atoms with Gasteiger partial charge in [0, 0.05) is 19.2 Å². The molecular weight excluding hydrogens is 320 g/mol. The van der Waals surface area contributed by atoms with Gasteiger partial charge in [-0.15, -0.1) is 0 Å². The molecule has 1 aromatic heterocycles. The highest BCUT2D eigenvalue weighted by molar-refractivity contribution is 7.92. The van der Waals surface area contributed by atoms with Gasteiger partial charge in [-0.2, -0.15) is 4.98 Å². The molecule has 3 rings (SSSR count). The van der Waals surface area contributed by atoms with Gasteiger partial charge < -0.3 is 9.84 Å². The number of nitrogens with zero attached hydrogens (tertiary/aromatic N) is 3. The number of anilines is 2. The number of sulfonamides is 1. The molecule has 0 saturated carbocycles. The lowest BCUT2D eigenvalue weighted by molar-refractivity contribution is -0.115. The highest BCUT2D eigenvalue weighted by Gasteiger charge is 2.26. The summed E-state index contributed by atoms with van der Waals surface area (Å²) in [6.07, 6.45) is 1.83. The Balaban J connectivity index is 1.76. The van der Waals surface area contributed by atoms with Crippen LogP contribution in [0.4, 0.5) is 11.4 Å². The van der Waals surface area contributed by atoms with E-state index in [1.165, 1.54) is 10.6 Å². The van der Waals surface area contributed by atoms with Gasteiger partial charge in [-0.25, -0.2) is 8.42 Å². The number of nitrogens with one attached hydrogen (secondary N) is 1. The van der Waals surface area contributed by atoms with E-state index in [1.807, 2.05) is 6.07 Å². The van der Waals surface area contributed by atoms with Crippen LogP contribution in [0.3, 0.4) is 0 Å². The Morgan fingerprint density at radius 3 is 2.87 bits per heavy atom. The standard InChI is InChI=1S/C14H16N4O4S/c1-9-15-13(17-22-9)8-14(19)16-11-4-3-10-5-6-18(12(10)7-11)23(2,20)21/h3-4,7H,5-6,8H2,1-2H3,(H,16,19). The molecule has 1 amide bonds. The van der Waals surface area contributed by atoms with Gasteiger partial charge in [-0.3, -0.25) is 9.10 Å². The molecule has 8 nitrogen and oxygen atoms in total. The van der Waals surface area contributed by atoms with Crippen LogP contribution in [-0.4, -0.2) is 37.3 Å². The van der Waals surface area contributed by atoms with Gasteiger partial charge in [-0.1, -0.05) is 11.2 Å². The van der Waals surface area contributed by atoms with Crippen LogP contribution in [0, 0.1) is 6.92 Å². The number of hydrogen-bond donors (Lipinski definition) is 1. The van der Waals surface area contributed by atoms with Crippen molar-refractivity contribution in [2.24, 2.45) is 0 Å². The summed E-state index contributed by atoms with van der Waals surface area (Å²) in [5.41, 5.74) is 2.09. The van der Waals surface area contributed by atoms with Crippen molar-refractivity contribution in [3.05, 3.63) is 35.5 Å². The molecule has 2 aromatic rings. The number of rotatable bonds is 4. The second-order valence-corrected chi connectivity index (χ2v) is 7.29. The van der Waals surface area contributed by atoms with Gasteiger partial charge >= 0.3 is 0 Å². The Labute approximate surface area is 133 Å². The van der Waals surface area contributed by atoms with Crippen molar-refractivity contribution < 1.29 is 17.7 Å². The fourth-order valence-corrected chi connectivity index (χ4v) is 3.48. The molecule has 2 heterocycles. The van der Waals surface area contributed by atoms with E-state index in [-0.39, 0.29) is 12.3 Å². The van der Waals surface area contributed by atoms with Gasteiger partial charge in [0.25, 0.3) is 0 Å². The number of aromatic nitrogens is 2. The molecule has 0 fully saturated rings. The number of aryl methyl sites for hydroxylation is 1. The van der Waals surface area contributed by atoms with Gasteiger partial charge in [0.05, 0.1) is 18.4 Å². The van der Waals surface area contributed by atoms with E-state index in [9.17, 15) is 13.2 Å². The van der Waals surface area contributed by atoms with Crippen LogP contribution in [-0.2, 0) is 27.7 Å². The number of carbonyl (C=O) groups excluding carboxylic acids is 1. The largest absolute Gasteiger partial charge is 0.340 e. The fourth-order valence-electron chi connectivity index (χ4n) is 2.53. The molecule has 0 radical (unpaired) electrons. The summed E-state index contributed by atoms with van der Waals surface area (Å²) in [6.45, 7) is 2.07. The molecule has 1 aromatic carbocycles. The Hall–Kier alpha value is -2.42. The Morgan fingerprint density at radius 1 is 1.43 bits per heavy atom.